The van der Waals surface area contributed by atoms with Crippen molar-refractivity contribution in [3.05, 3.63) is 95.3 Å². The van der Waals surface area contributed by atoms with Crippen LogP contribution < -0.4 is 0 Å². The number of rotatable bonds is 3. The van der Waals surface area contributed by atoms with Crippen LogP contribution in [0.2, 0.25) is 5.02 Å². The highest BCUT2D eigenvalue weighted by Crippen LogP contribution is 2.26. The average Bonchev–Trinajstić information content (AvgIpc) is 3.05. The molecule has 0 aliphatic rings. The predicted molar refractivity (Wildman–Crippen MR) is 101 cm³/mol. The molecule has 0 amide bonds. The Morgan fingerprint density at radius 2 is 1.75 bits per heavy atom. The largest absolute Gasteiger partial charge is 0.301 e. The lowest BCUT2D eigenvalue weighted by molar-refractivity contribution is 1.09. The van der Waals surface area contributed by atoms with Crippen LogP contribution in [0.25, 0.3) is 28.9 Å². The molecule has 0 radical (unpaired) electrons. The molecule has 2 nitrogen and oxygen atoms in total. The molecule has 0 N–H and O–H groups in total. The second-order valence-corrected chi connectivity index (χ2v) is 5.99. The van der Waals surface area contributed by atoms with E-state index in [0.29, 0.717) is 5.02 Å². The molecular weight excluding hydrogens is 316 g/mol. The maximum Gasteiger partial charge on any atom is 0.144 e. The van der Waals surface area contributed by atoms with Crippen LogP contribution in [0.4, 0.5) is 0 Å². The highest BCUT2D eigenvalue weighted by molar-refractivity contribution is 6.30. The third kappa shape index (κ3) is 2.84. The molecular formula is C21H15ClN2. The molecule has 2 heterocycles. The Balaban J connectivity index is 1.83. The summed E-state index contributed by atoms with van der Waals surface area (Å²) in [7, 11) is 0. The summed E-state index contributed by atoms with van der Waals surface area (Å²) in [5, 5.41) is 1.81. The molecule has 0 saturated heterocycles. The monoisotopic (exact) mass is 330 g/mol. The van der Waals surface area contributed by atoms with Gasteiger partial charge in [0.05, 0.1) is 5.69 Å². The van der Waals surface area contributed by atoms with Gasteiger partial charge in [0.1, 0.15) is 5.65 Å². The zero-order chi connectivity index (χ0) is 16.4. The molecule has 0 fully saturated rings. The van der Waals surface area contributed by atoms with Crippen LogP contribution in [-0.2, 0) is 0 Å². The number of pyridine rings is 1. The fraction of sp³-hybridized carbons (Fsp3) is 0. The maximum atomic E-state index is 6.24. The van der Waals surface area contributed by atoms with Gasteiger partial charge in [0.2, 0.25) is 0 Å². The van der Waals surface area contributed by atoms with Gasteiger partial charge in [-0.2, -0.15) is 0 Å². The van der Waals surface area contributed by atoms with Crippen molar-refractivity contribution in [2.75, 3.05) is 0 Å². The van der Waals surface area contributed by atoms with E-state index in [1.807, 2.05) is 54.9 Å². The summed E-state index contributed by atoms with van der Waals surface area (Å²) >= 11 is 6.24. The van der Waals surface area contributed by atoms with E-state index in [2.05, 4.69) is 46.0 Å². The topological polar surface area (TPSA) is 17.8 Å². The van der Waals surface area contributed by atoms with E-state index in [0.717, 1.165) is 27.8 Å². The van der Waals surface area contributed by atoms with Gasteiger partial charge in [-0.05, 0) is 41.5 Å². The van der Waals surface area contributed by atoms with E-state index in [1.165, 1.54) is 0 Å². The number of hydrogen-bond donors (Lipinski definition) is 0. The summed E-state index contributed by atoms with van der Waals surface area (Å²) in [5.41, 5.74) is 4.19. The van der Waals surface area contributed by atoms with Crippen molar-refractivity contribution >= 4 is 34.8 Å². The Morgan fingerprint density at radius 3 is 2.62 bits per heavy atom. The Morgan fingerprint density at radius 1 is 0.875 bits per heavy atom. The molecule has 0 spiro atoms. The molecule has 3 heteroatoms. The van der Waals surface area contributed by atoms with Gasteiger partial charge in [-0.3, -0.25) is 0 Å². The molecule has 2 aromatic heterocycles. The Bertz CT molecular complexity index is 1020. The fourth-order valence-electron chi connectivity index (χ4n) is 2.78. The molecule has 24 heavy (non-hydrogen) atoms. The normalized spacial score (nSPS) is 11.4. The number of hydrogen-bond acceptors (Lipinski definition) is 1. The lowest BCUT2D eigenvalue weighted by Gasteiger charge is -2.10. The van der Waals surface area contributed by atoms with Crippen molar-refractivity contribution < 1.29 is 0 Å². The summed E-state index contributed by atoms with van der Waals surface area (Å²) in [4.78, 5) is 4.50. The van der Waals surface area contributed by atoms with Gasteiger partial charge >= 0.3 is 0 Å². The van der Waals surface area contributed by atoms with Crippen molar-refractivity contribution in [2.45, 2.75) is 0 Å². The van der Waals surface area contributed by atoms with E-state index in [1.54, 1.807) is 0 Å². The van der Waals surface area contributed by atoms with Crippen LogP contribution in [0, 0.1) is 0 Å². The molecule has 4 aromatic rings. The molecule has 2 aromatic carbocycles. The maximum absolute atomic E-state index is 6.24. The second-order valence-electron chi connectivity index (χ2n) is 5.55. The molecule has 116 valence electrons. The fourth-order valence-corrected chi connectivity index (χ4v) is 2.94. The van der Waals surface area contributed by atoms with Gasteiger partial charge < -0.3 is 4.57 Å². The molecule has 0 aliphatic heterocycles. The Kier molecular flexibility index (Phi) is 3.89. The predicted octanol–water partition coefficient (Wildman–Crippen LogP) is 5.85. The molecule has 0 aliphatic carbocycles. The summed E-state index contributed by atoms with van der Waals surface area (Å²) < 4.78 is 2.08. The third-order valence-corrected chi connectivity index (χ3v) is 4.19. The summed E-state index contributed by atoms with van der Waals surface area (Å²) in [5.74, 6) is 0. The smallest absolute Gasteiger partial charge is 0.144 e. The minimum Gasteiger partial charge on any atom is -0.301 e. The van der Waals surface area contributed by atoms with Gasteiger partial charge in [0.15, 0.2) is 0 Å². The summed E-state index contributed by atoms with van der Waals surface area (Å²) in [6.07, 6.45) is 8.05. The molecule has 0 atom stereocenters. The molecule has 4 rings (SSSR count). The van der Waals surface area contributed by atoms with Crippen LogP contribution in [0.5, 0.6) is 0 Å². The highest BCUT2D eigenvalue weighted by Gasteiger charge is 2.08. The van der Waals surface area contributed by atoms with Gasteiger partial charge in [-0.15, -0.1) is 0 Å². The summed E-state index contributed by atoms with van der Waals surface area (Å²) in [6.45, 7) is 0. The second kappa shape index (κ2) is 6.34. The summed E-state index contributed by atoms with van der Waals surface area (Å²) in [6, 6.07) is 22.2. The molecule has 0 bridgehead atoms. The first-order chi connectivity index (χ1) is 11.8. The molecule has 0 unspecified atom stereocenters. The van der Waals surface area contributed by atoms with Crippen LogP contribution >= 0.6 is 11.6 Å². The van der Waals surface area contributed by atoms with Crippen LogP contribution in [0.1, 0.15) is 11.1 Å². The number of fused-ring (bicyclic) bond motifs is 1. The zero-order valence-corrected chi connectivity index (χ0v) is 13.7. The van der Waals surface area contributed by atoms with E-state index in [-0.39, 0.29) is 0 Å². The lowest BCUT2D eigenvalue weighted by atomic mass is 10.1. The van der Waals surface area contributed by atoms with E-state index < -0.39 is 0 Å². The van der Waals surface area contributed by atoms with Crippen LogP contribution in [0.15, 0.2) is 79.1 Å². The van der Waals surface area contributed by atoms with Crippen molar-refractivity contribution in [1.29, 1.82) is 0 Å². The average molecular weight is 331 g/mol. The quantitative estimate of drug-likeness (QED) is 0.431. The lowest BCUT2D eigenvalue weighted by Crippen LogP contribution is -1.96. The van der Waals surface area contributed by atoms with Crippen molar-refractivity contribution in [3.63, 3.8) is 0 Å². The van der Waals surface area contributed by atoms with Gasteiger partial charge in [-0.25, -0.2) is 4.98 Å². The third-order valence-electron chi connectivity index (χ3n) is 3.96. The zero-order valence-electron chi connectivity index (χ0n) is 12.9. The van der Waals surface area contributed by atoms with Gasteiger partial charge in [-0.1, -0.05) is 60.2 Å². The molecule has 0 saturated carbocycles. The van der Waals surface area contributed by atoms with Gasteiger partial charge in [0, 0.05) is 22.8 Å². The minimum absolute atomic E-state index is 0.708. The van der Waals surface area contributed by atoms with E-state index in [4.69, 9.17) is 11.6 Å². The first kappa shape index (κ1) is 14.7. The number of aromatic nitrogens is 2. The van der Waals surface area contributed by atoms with Crippen LogP contribution in [-0.4, -0.2) is 9.55 Å². The number of benzene rings is 2. The SMILES string of the molecule is Clc1ccc(/C=C/c2ccccc2)c(-n2ccc3cccnc32)c1. The van der Waals surface area contributed by atoms with Crippen LogP contribution in [0.3, 0.4) is 0 Å². The number of nitrogens with zero attached hydrogens (tertiary/aromatic N) is 2. The Labute approximate surface area is 145 Å². The Hall–Kier alpha value is -2.84. The van der Waals surface area contributed by atoms with Crippen molar-refractivity contribution in [2.24, 2.45) is 0 Å². The first-order valence-corrected chi connectivity index (χ1v) is 8.14. The van der Waals surface area contributed by atoms with Gasteiger partial charge in [0.25, 0.3) is 0 Å². The van der Waals surface area contributed by atoms with E-state index >= 15 is 0 Å². The number of halogens is 1. The van der Waals surface area contributed by atoms with Crippen molar-refractivity contribution in [3.8, 4) is 5.69 Å². The minimum atomic E-state index is 0.708. The van der Waals surface area contributed by atoms with E-state index in [9.17, 15) is 0 Å². The standard InChI is InChI=1S/C21H15ClN2/c22-19-11-10-17(9-8-16-5-2-1-3-6-16)20(15-19)24-14-12-18-7-4-13-23-21(18)24/h1-15H/b9-8+. The highest BCUT2D eigenvalue weighted by atomic mass is 35.5. The van der Waals surface area contributed by atoms with Crippen molar-refractivity contribution in [1.82, 2.24) is 9.55 Å². The first-order valence-electron chi connectivity index (χ1n) is 7.76.